The fraction of sp³-hybridized carbons (Fsp3) is 0.150. The molecule has 7 heteroatoms. The van der Waals surface area contributed by atoms with Crippen LogP contribution in [0.1, 0.15) is 16.7 Å². The minimum Gasteiger partial charge on any atom is -0.487 e. The molecule has 0 fully saturated rings. The van der Waals surface area contributed by atoms with Crippen molar-refractivity contribution >= 4 is 50.5 Å². The number of likely N-dealkylation sites (N-methyl/N-ethyl adjacent to an activating group) is 1. The van der Waals surface area contributed by atoms with Gasteiger partial charge in [-0.25, -0.2) is 0 Å². The standard InChI is InChI=1S/C20H15BrIN3O2/c1-25(2)20(26)16(11-24)7-13-8-17(21)19(18(22)9-13)27-12-15-6-4-3-5-14(15)10-23/h3-9H,12H2,1-2H3/b16-7-. The molecule has 0 unspecified atom stereocenters. The van der Waals surface area contributed by atoms with Crippen molar-refractivity contribution in [1.82, 2.24) is 4.90 Å². The van der Waals surface area contributed by atoms with Gasteiger partial charge in [0.05, 0.1) is 19.7 Å². The Bertz CT molecular complexity index is 964. The monoisotopic (exact) mass is 535 g/mol. The van der Waals surface area contributed by atoms with Crippen LogP contribution in [-0.4, -0.2) is 24.9 Å². The summed E-state index contributed by atoms with van der Waals surface area (Å²) in [6.07, 6.45) is 1.55. The molecule has 0 saturated heterocycles. The van der Waals surface area contributed by atoms with E-state index in [0.717, 1.165) is 9.13 Å². The molecule has 0 N–H and O–H groups in total. The van der Waals surface area contributed by atoms with E-state index in [0.29, 0.717) is 21.3 Å². The molecule has 0 spiro atoms. The lowest BCUT2D eigenvalue weighted by molar-refractivity contribution is -0.124. The number of amides is 1. The average Bonchev–Trinajstić information content (AvgIpc) is 2.65. The lowest BCUT2D eigenvalue weighted by Crippen LogP contribution is -2.22. The van der Waals surface area contributed by atoms with Gasteiger partial charge in [0.15, 0.2) is 0 Å². The number of benzene rings is 2. The second kappa shape index (κ2) is 9.54. The number of nitriles is 2. The van der Waals surface area contributed by atoms with E-state index in [9.17, 15) is 15.3 Å². The average molecular weight is 536 g/mol. The summed E-state index contributed by atoms with van der Waals surface area (Å²) in [5, 5.41) is 18.4. The van der Waals surface area contributed by atoms with Gasteiger partial charge in [0, 0.05) is 19.7 Å². The molecule has 0 radical (unpaired) electrons. The first-order valence-corrected chi connectivity index (χ1v) is 9.67. The zero-order valence-electron chi connectivity index (χ0n) is 14.7. The Hall–Kier alpha value is -2.36. The molecule has 136 valence electrons. The van der Waals surface area contributed by atoms with Gasteiger partial charge in [-0.1, -0.05) is 18.2 Å². The number of hydrogen-bond acceptors (Lipinski definition) is 4. The van der Waals surface area contributed by atoms with Crippen molar-refractivity contribution in [1.29, 1.82) is 10.5 Å². The van der Waals surface area contributed by atoms with Crippen LogP contribution in [0.5, 0.6) is 5.75 Å². The molecule has 2 aromatic rings. The highest BCUT2D eigenvalue weighted by Crippen LogP contribution is 2.33. The van der Waals surface area contributed by atoms with Gasteiger partial charge in [-0.15, -0.1) is 0 Å². The van der Waals surface area contributed by atoms with Gasteiger partial charge in [-0.3, -0.25) is 4.79 Å². The smallest absolute Gasteiger partial charge is 0.264 e. The van der Waals surface area contributed by atoms with E-state index in [1.807, 2.05) is 30.3 Å². The fourth-order valence-corrected chi connectivity index (χ4v) is 4.02. The molecule has 0 saturated carbocycles. The molecule has 2 rings (SSSR count). The van der Waals surface area contributed by atoms with Crippen LogP contribution in [0.15, 0.2) is 46.4 Å². The minimum atomic E-state index is -0.350. The lowest BCUT2D eigenvalue weighted by Gasteiger charge is -2.13. The third-order valence-corrected chi connectivity index (χ3v) is 4.99. The Morgan fingerprint density at radius 3 is 2.59 bits per heavy atom. The van der Waals surface area contributed by atoms with Crippen LogP contribution in [0.25, 0.3) is 6.08 Å². The Labute approximate surface area is 180 Å². The summed E-state index contributed by atoms with van der Waals surface area (Å²) in [5.74, 6) is 0.287. The molecule has 0 heterocycles. The highest BCUT2D eigenvalue weighted by atomic mass is 127. The van der Waals surface area contributed by atoms with E-state index >= 15 is 0 Å². The third kappa shape index (κ3) is 5.31. The molecule has 0 atom stereocenters. The van der Waals surface area contributed by atoms with Gasteiger partial charge in [-0.05, 0) is 68.4 Å². The van der Waals surface area contributed by atoms with Crippen LogP contribution in [0.3, 0.4) is 0 Å². The molecule has 0 aromatic heterocycles. The van der Waals surface area contributed by atoms with E-state index in [4.69, 9.17) is 4.74 Å². The SMILES string of the molecule is CN(C)C(=O)/C(C#N)=C\c1cc(Br)c(OCc2ccccc2C#N)c(I)c1. The molecule has 0 bridgehead atoms. The molecule has 0 aliphatic rings. The van der Waals surface area contributed by atoms with E-state index < -0.39 is 0 Å². The predicted molar refractivity (Wildman–Crippen MR) is 115 cm³/mol. The maximum absolute atomic E-state index is 12.0. The summed E-state index contributed by atoms with van der Waals surface area (Å²) >= 11 is 5.62. The van der Waals surface area contributed by atoms with Gasteiger partial charge in [0.25, 0.3) is 5.91 Å². The molecule has 0 aliphatic heterocycles. The number of carbonyl (C=O) groups excluding carboxylic acids is 1. The number of hydrogen-bond donors (Lipinski definition) is 0. The first-order chi connectivity index (χ1) is 12.9. The van der Waals surface area contributed by atoms with Crippen molar-refractivity contribution in [3.05, 3.63) is 66.7 Å². The second-order valence-electron chi connectivity index (χ2n) is 5.74. The van der Waals surface area contributed by atoms with Crippen molar-refractivity contribution in [2.45, 2.75) is 6.61 Å². The molecule has 0 aliphatic carbocycles. The summed E-state index contributed by atoms with van der Waals surface area (Å²) in [6.45, 7) is 0.260. The first-order valence-electron chi connectivity index (χ1n) is 7.80. The van der Waals surface area contributed by atoms with Crippen LogP contribution >= 0.6 is 38.5 Å². The van der Waals surface area contributed by atoms with Crippen LogP contribution in [0.2, 0.25) is 0 Å². The van der Waals surface area contributed by atoms with Gasteiger partial charge >= 0.3 is 0 Å². The van der Waals surface area contributed by atoms with E-state index in [1.54, 1.807) is 32.3 Å². The van der Waals surface area contributed by atoms with E-state index in [2.05, 4.69) is 44.6 Å². The summed E-state index contributed by atoms with van der Waals surface area (Å²) in [6, 6.07) is 15.0. The molecule has 2 aromatic carbocycles. The van der Waals surface area contributed by atoms with Crippen molar-refractivity contribution < 1.29 is 9.53 Å². The number of rotatable bonds is 5. The summed E-state index contributed by atoms with van der Waals surface area (Å²) in [4.78, 5) is 13.4. The van der Waals surface area contributed by atoms with Gasteiger partial charge < -0.3 is 9.64 Å². The number of halogens is 2. The highest BCUT2D eigenvalue weighted by Gasteiger charge is 2.14. The maximum Gasteiger partial charge on any atom is 0.264 e. The Kier molecular flexibility index (Phi) is 7.40. The van der Waals surface area contributed by atoms with Gasteiger partial charge in [-0.2, -0.15) is 10.5 Å². The fourth-order valence-electron chi connectivity index (χ4n) is 2.26. The number of carbonyl (C=O) groups is 1. The maximum atomic E-state index is 12.0. The first kappa shape index (κ1) is 20.9. The molecule has 5 nitrogen and oxygen atoms in total. The molecule has 1 amide bonds. The lowest BCUT2D eigenvalue weighted by atomic mass is 10.1. The summed E-state index contributed by atoms with van der Waals surface area (Å²) in [5.41, 5.74) is 2.14. The van der Waals surface area contributed by atoms with Crippen LogP contribution in [0, 0.1) is 26.2 Å². The van der Waals surface area contributed by atoms with E-state index in [1.165, 1.54) is 4.90 Å². The Balaban J connectivity index is 2.28. The summed E-state index contributed by atoms with van der Waals surface area (Å²) < 4.78 is 7.42. The normalized spacial score (nSPS) is 10.7. The van der Waals surface area contributed by atoms with Crippen molar-refractivity contribution in [2.24, 2.45) is 0 Å². The Morgan fingerprint density at radius 2 is 2.00 bits per heavy atom. The number of nitrogens with zero attached hydrogens (tertiary/aromatic N) is 3. The predicted octanol–water partition coefficient (Wildman–Crippen LogP) is 4.50. The van der Waals surface area contributed by atoms with Crippen molar-refractivity contribution in [2.75, 3.05) is 14.1 Å². The molecular formula is C20H15BrIN3O2. The minimum absolute atomic E-state index is 0.0549. The summed E-state index contributed by atoms with van der Waals surface area (Å²) in [7, 11) is 3.20. The zero-order valence-corrected chi connectivity index (χ0v) is 18.4. The molecular weight excluding hydrogens is 521 g/mol. The van der Waals surface area contributed by atoms with Gasteiger partial charge in [0.2, 0.25) is 0 Å². The number of ether oxygens (including phenoxy) is 1. The highest BCUT2D eigenvalue weighted by molar-refractivity contribution is 14.1. The van der Waals surface area contributed by atoms with Crippen molar-refractivity contribution in [3.8, 4) is 17.9 Å². The topological polar surface area (TPSA) is 77.1 Å². The molecule has 27 heavy (non-hydrogen) atoms. The zero-order chi connectivity index (χ0) is 20.0. The van der Waals surface area contributed by atoms with Gasteiger partial charge in [0.1, 0.15) is 24.0 Å². The van der Waals surface area contributed by atoms with Crippen LogP contribution in [0.4, 0.5) is 0 Å². The Morgan fingerprint density at radius 1 is 1.30 bits per heavy atom. The van der Waals surface area contributed by atoms with Crippen molar-refractivity contribution in [3.63, 3.8) is 0 Å². The third-order valence-electron chi connectivity index (χ3n) is 3.60. The van der Waals surface area contributed by atoms with Crippen LogP contribution in [-0.2, 0) is 11.4 Å². The van der Waals surface area contributed by atoms with E-state index in [-0.39, 0.29) is 18.1 Å². The second-order valence-corrected chi connectivity index (χ2v) is 7.76. The van der Waals surface area contributed by atoms with Crippen LogP contribution < -0.4 is 4.74 Å². The quantitative estimate of drug-likeness (QED) is 0.321. The largest absolute Gasteiger partial charge is 0.487 e.